The van der Waals surface area contributed by atoms with Crippen LogP contribution in [0.2, 0.25) is 0 Å². The molecule has 5 heteroatoms. The molecule has 0 saturated carbocycles. The summed E-state index contributed by atoms with van der Waals surface area (Å²) in [7, 11) is 0. The van der Waals surface area contributed by atoms with E-state index in [0.29, 0.717) is 18.7 Å². The third kappa shape index (κ3) is 3.35. The summed E-state index contributed by atoms with van der Waals surface area (Å²) in [6, 6.07) is 7.44. The first kappa shape index (κ1) is 15.4. The van der Waals surface area contributed by atoms with E-state index in [0.717, 1.165) is 18.4 Å². The number of aliphatic carboxylic acids is 1. The van der Waals surface area contributed by atoms with Gasteiger partial charge in [0.05, 0.1) is 0 Å². The van der Waals surface area contributed by atoms with Crippen LogP contribution in [0.15, 0.2) is 24.3 Å². The molecule has 1 saturated heterocycles. The van der Waals surface area contributed by atoms with E-state index in [9.17, 15) is 14.7 Å². The Bertz CT molecular complexity index is 543. The van der Waals surface area contributed by atoms with Crippen molar-refractivity contribution in [3.63, 3.8) is 0 Å². The standard InChI is InChI=1S/C16H21NO4/c1-12-6-5-7-13(10-12)21-11-14(18)17-9-4-3-8-16(17,2)15(19)20/h5-7,10H,3-4,8-9,11H2,1-2H3,(H,19,20). The molecule has 0 bridgehead atoms. The normalized spacial score (nSPS) is 21.9. The molecule has 21 heavy (non-hydrogen) atoms. The van der Waals surface area contributed by atoms with Gasteiger partial charge in [-0.1, -0.05) is 12.1 Å². The van der Waals surface area contributed by atoms with Crippen LogP contribution in [0.3, 0.4) is 0 Å². The predicted molar refractivity (Wildman–Crippen MR) is 78.3 cm³/mol. The number of carbonyl (C=O) groups is 2. The average Bonchev–Trinajstić information content (AvgIpc) is 2.45. The summed E-state index contributed by atoms with van der Waals surface area (Å²) in [5.74, 6) is -0.607. The van der Waals surface area contributed by atoms with E-state index in [4.69, 9.17) is 4.74 Å². The van der Waals surface area contributed by atoms with Crippen molar-refractivity contribution < 1.29 is 19.4 Å². The van der Waals surface area contributed by atoms with Gasteiger partial charge in [0.2, 0.25) is 0 Å². The second-order valence-corrected chi connectivity index (χ2v) is 5.69. The molecule has 1 aliphatic heterocycles. The van der Waals surface area contributed by atoms with Gasteiger partial charge in [0.1, 0.15) is 11.3 Å². The zero-order valence-electron chi connectivity index (χ0n) is 12.5. The van der Waals surface area contributed by atoms with Crippen molar-refractivity contribution >= 4 is 11.9 Å². The topological polar surface area (TPSA) is 66.8 Å². The molecule has 1 amide bonds. The summed E-state index contributed by atoms with van der Waals surface area (Å²) in [6.45, 7) is 3.89. The van der Waals surface area contributed by atoms with Gasteiger partial charge in [0.25, 0.3) is 5.91 Å². The monoisotopic (exact) mass is 291 g/mol. The van der Waals surface area contributed by atoms with Crippen molar-refractivity contribution in [1.29, 1.82) is 0 Å². The Kier molecular flexibility index (Phi) is 4.50. The summed E-state index contributed by atoms with van der Waals surface area (Å²) in [6.07, 6.45) is 2.14. The Labute approximate surface area is 124 Å². The number of hydrogen-bond acceptors (Lipinski definition) is 3. The molecule has 0 spiro atoms. The minimum absolute atomic E-state index is 0.133. The third-order valence-electron chi connectivity index (χ3n) is 4.00. The number of benzene rings is 1. The second kappa shape index (κ2) is 6.16. The first-order valence-corrected chi connectivity index (χ1v) is 7.17. The molecule has 0 aliphatic carbocycles. The molecule has 0 aromatic heterocycles. The highest BCUT2D eigenvalue weighted by Crippen LogP contribution is 2.28. The molecule has 1 unspecified atom stereocenters. The number of hydrogen-bond donors (Lipinski definition) is 1. The van der Waals surface area contributed by atoms with Crippen molar-refractivity contribution in [2.45, 2.75) is 38.6 Å². The Morgan fingerprint density at radius 1 is 1.38 bits per heavy atom. The van der Waals surface area contributed by atoms with Gasteiger partial charge in [-0.05, 0) is 50.8 Å². The number of carboxylic acid groups (broad SMARTS) is 1. The van der Waals surface area contributed by atoms with Crippen molar-refractivity contribution in [2.24, 2.45) is 0 Å². The highest BCUT2D eigenvalue weighted by Gasteiger charge is 2.43. The van der Waals surface area contributed by atoms with Gasteiger partial charge in [-0.3, -0.25) is 4.79 Å². The number of amides is 1. The van der Waals surface area contributed by atoms with Crippen molar-refractivity contribution in [1.82, 2.24) is 4.90 Å². The van der Waals surface area contributed by atoms with Crippen molar-refractivity contribution in [3.05, 3.63) is 29.8 Å². The highest BCUT2D eigenvalue weighted by atomic mass is 16.5. The molecular weight excluding hydrogens is 270 g/mol. The number of ether oxygens (including phenoxy) is 1. The summed E-state index contributed by atoms with van der Waals surface area (Å²) in [5, 5.41) is 9.40. The average molecular weight is 291 g/mol. The van der Waals surface area contributed by atoms with Crippen molar-refractivity contribution in [2.75, 3.05) is 13.2 Å². The van der Waals surface area contributed by atoms with Crippen LogP contribution in [0.5, 0.6) is 5.75 Å². The quantitative estimate of drug-likeness (QED) is 0.923. The minimum Gasteiger partial charge on any atom is -0.484 e. The van der Waals surface area contributed by atoms with Gasteiger partial charge in [-0.15, -0.1) is 0 Å². The maximum Gasteiger partial charge on any atom is 0.329 e. The molecule has 1 fully saturated rings. The highest BCUT2D eigenvalue weighted by molar-refractivity contribution is 5.87. The van der Waals surface area contributed by atoms with Gasteiger partial charge in [-0.2, -0.15) is 0 Å². The molecule has 0 radical (unpaired) electrons. The predicted octanol–water partition coefficient (Wildman–Crippen LogP) is 2.23. The minimum atomic E-state index is -1.12. The number of piperidine rings is 1. The van der Waals surface area contributed by atoms with Crippen LogP contribution >= 0.6 is 0 Å². The number of aryl methyl sites for hydroxylation is 1. The number of rotatable bonds is 4. The molecule has 2 rings (SSSR count). The first-order chi connectivity index (χ1) is 9.93. The van der Waals surface area contributed by atoms with Gasteiger partial charge >= 0.3 is 5.97 Å². The Morgan fingerprint density at radius 3 is 2.81 bits per heavy atom. The number of carboxylic acids is 1. The largest absolute Gasteiger partial charge is 0.484 e. The van der Waals surface area contributed by atoms with Crippen LogP contribution in [0.25, 0.3) is 0 Å². The SMILES string of the molecule is Cc1cccc(OCC(=O)N2CCCCC2(C)C(=O)O)c1. The van der Waals surface area contributed by atoms with E-state index in [1.165, 1.54) is 4.90 Å². The van der Waals surface area contributed by atoms with E-state index >= 15 is 0 Å². The molecule has 1 atom stereocenters. The molecule has 1 N–H and O–H groups in total. The summed E-state index contributed by atoms with van der Waals surface area (Å²) < 4.78 is 5.49. The third-order valence-corrected chi connectivity index (χ3v) is 4.00. The molecule has 114 valence electrons. The fourth-order valence-electron chi connectivity index (χ4n) is 2.67. The van der Waals surface area contributed by atoms with Gasteiger partial charge in [0, 0.05) is 6.54 Å². The molecule has 1 aromatic carbocycles. The van der Waals surface area contributed by atoms with Crippen LogP contribution < -0.4 is 4.74 Å². The number of carbonyl (C=O) groups excluding carboxylic acids is 1. The molecule has 1 aromatic rings. The summed E-state index contributed by atoms with van der Waals surface area (Å²) in [4.78, 5) is 25.2. The molecule has 1 heterocycles. The van der Waals surface area contributed by atoms with Crippen LogP contribution in [0.1, 0.15) is 31.7 Å². The maximum atomic E-state index is 12.3. The lowest BCUT2D eigenvalue weighted by Crippen LogP contribution is -2.58. The maximum absolute atomic E-state index is 12.3. The van der Waals surface area contributed by atoms with E-state index in [-0.39, 0.29) is 12.5 Å². The lowest BCUT2D eigenvalue weighted by Gasteiger charge is -2.41. The molecule has 5 nitrogen and oxygen atoms in total. The van der Waals surface area contributed by atoms with Crippen LogP contribution in [-0.4, -0.2) is 40.6 Å². The van der Waals surface area contributed by atoms with Crippen molar-refractivity contribution in [3.8, 4) is 5.75 Å². The summed E-state index contributed by atoms with van der Waals surface area (Å²) in [5.41, 5.74) is -0.0704. The summed E-state index contributed by atoms with van der Waals surface area (Å²) >= 11 is 0. The van der Waals surface area contributed by atoms with E-state index in [1.807, 2.05) is 25.1 Å². The fraction of sp³-hybridized carbons (Fsp3) is 0.500. The second-order valence-electron chi connectivity index (χ2n) is 5.69. The van der Waals surface area contributed by atoms with Gasteiger partial charge in [0.15, 0.2) is 6.61 Å². The number of nitrogens with zero attached hydrogens (tertiary/aromatic N) is 1. The van der Waals surface area contributed by atoms with Crippen LogP contribution in [0, 0.1) is 6.92 Å². The fourth-order valence-corrected chi connectivity index (χ4v) is 2.67. The Morgan fingerprint density at radius 2 is 2.14 bits per heavy atom. The molecular formula is C16H21NO4. The first-order valence-electron chi connectivity index (χ1n) is 7.17. The van der Waals surface area contributed by atoms with Gasteiger partial charge in [-0.25, -0.2) is 4.79 Å². The van der Waals surface area contributed by atoms with Crippen LogP contribution in [0.4, 0.5) is 0 Å². The van der Waals surface area contributed by atoms with Crippen LogP contribution in [-0.2, 0) is 9.59 Å². The van der Waals surface area contributed by atoms with E-state index in [1.54, 1.807) is 13.0 Å². The number of likely N-dealkylation sites (tertiary alicyclic amines) is 1. The zero-order valence-corrected chi connectivity index (χ0v) is 12.5. The van der Waals surface area contributed by atoms with E-state index < -0.39 is 11.5 Å². The smallest absolute Gasteiger partial charge is 0.329 e. The Hall–Kier alpha value is -2.04. The lowest BCUT2D eigenvalue weighted by molar-refractivity contribution is -0.161. The lowest BCUT2D eigenvalue weighted by atomic mass is 9.88. The molecule has 1 aliphatic rings. The van der Waals surface area contributed by atoms with Gasteiger partial charge < -0.3 is 14.7 Å². The Balaban J connectivity index is 2.03. The zero-order chi connectivity index (χ0) is 15.5. The van der Waals surface area contributed by atoms with E-state index in [2.05, 4.69) is 0 Å².